The molecule has 4 nitrogen and oxygen atoms in total. The first kappa shape index (κ1) is 13.4. The Morgan fingerprint density at radius 1 is 1.45 bits per heavy atom. The molecule has 1 fully saturated rings. The van der Waals surface area contributed by atoms with Gasteiger partial charge >= 0.3 is 5.97 Å². The van der Waals surface area contributed by atoms with Crippen LogP contribution in [0, 0.1) is 0 Å². The highest BCUT2D eigenvalue weighted by Gasteiger charge is 2.34. The van der Waals surface area contributed by atoms with Gasteiger partial charge in [-0.05, 0) is 38.3 Å². The summed E-state index contributed by atoms with van der Waals surface area (Å²) in [5.41, 5.74) is 0.768. The van der Waals surface area contributed by atoms with Gasteiger partial charge in [0.1, 0.15) is 0 Å². The van der Waals surface area contributed by atoms with Crippen LogP contribution in [0.3, 0.4) is 0 Å². The molecule has 1 aliphatic carbocycles. The van der Waals surface area contributed by atoms with E-state index in [4.69, 9.17) is 9.15 Å². The lowest BCUT2D eigenvalue weighted by Crippen LogP contribution is -2.05. The minimum absolute atomic E-state index is 0.288. The Kier molecular flexibility index (Phi) is 3.61. The van der Waals surface area contributed by atoms with E-state index in [0.29, 0.717) is 18.4 Å². The fraction of sp³-hybridized carbons (Fsp3) is 0.467. The predicted octanol–water partition coefficient (Wildman–Crippen LogP) is 4.02. The summed E-state index contributed by atoms with van der Waals surface area (Å²) in [7, 11) is 0. The van der Waals surface area contributed by atoms with E-state index in [1.807, 2.05) is 6.07 Å². The van der Waals surface area contributed by atoms with Crippen molar-refractivity contribution in [2.24, 2.45) is 0 Å². The van der Waals surface area contributed by atoms with Gasteiger partial charge in [0.15, 0.2) is 0 Å². The van der Waals surface area contributed by atoms with Crippen LogP contribution in [-0.4, -0.2) is 17.6 Å². The lowest BCUT2D eigenvalue weighted by Gasteiger charge is -1.98. The molecule has 1 saturated carbocycles. The Bertz CT molecular complexity index is 625. The molecule has 0 aliphatic heterocycles. The molecule has 5 heteroatoms. The molecule has 106 valence electrons. The summed E-state index contributed by atoms with van der Waals surface area (Å²) in [6.45, 7) is 4.25. The van der Waals surface area contributed by atoms with Crippen LogP contribution < -0.4 is 0 Å². The highest BCUT2D eigenvalue weighted by atomic mass is 32.1. The number of hydrogen-bond acceptors (Lipinski definition) is 5. The lowest BCUT2D eigenvalue weighted by atomic mass is 10.2. The van der Waals surface area contributed by atoms with E-state index in [-0.39, 0.29) is 5.76 Å². The summed E-state index contributed by atoms with van der Waals surface area (Å²) >= 11 is 1.66. The highest BCUT2D eigenvalue weighted by Crippen LogP contribution is 2.43. The monoisotopic (exact) mass is 291 g/mol. The topological polar surface area (TPSA) is 52.3 Å². The van der Waals surface area contributed by atoms with Crippen LogP contribution >= 0.6 is 11.3 Å². The van der Waals surface area contributed by atoms with Gasteiger partial charge in [-0.1, -0.05) is 6.92 Å². The van der Waals surface area contributed by atoms with Crippen molar-refractivity contribution in [1.82, 2.24) is 4.98 Å². The molecule has 0 radical (unpaired) electrons. The minimum Gasteiger partial charge on any atom is -0.460 e. The van der Waals surface area contributed by atoms with Crippen molar-refractivity contribution in [1.29, 1.82) is 0 Å². The number of ether oxygens (including phenoxy) is 1. The van der Waals surface area contributed by atoms with Crippen LogP contribution in [0.4, 0.5) is 0 Å². The Labute approximate surface area is 121 Å². The van der Waals surface area contributed by atoms with Crippen LogP contribution in [0.2, 0.25) is 0 Å². The second-order valence-electron chi connectivity index (χ2n) is 4.85. The zero-order chi connectivity index (χ0) is 14.1. The molecule has 0 unspecified atom stereocenters. The molecule has 3 rings (SSSR count). The molecule has 2 heterocycles. The highest BCUT2D eigenvalue weighted by molar-refractivity contribution is 7.15. The Morgan fingerprint density at radius 2 is 2.25 bits per heavy atom. The van der Waals surface area contributed by atoms with E-state index in [0.717, 1.165) is 29.8 Å². The van der Waals surface area contributed by atoms with E-state index in [2.05, 4.69) is 18.0 Å². The van der Waals surface area contributed by atoms with Gasteiger partial charge in [0.05, 0.1) is 17.2 Å². The maximum atomic E-state index is 12.0. The zero-order valence-corrected chi connectivity index (χ0v) is 12.5. The van der Waals surface area contributed by atoms with Crippen LogP contribution in [0.15, 0.2) is 16.5 Å². The summed E-state index contributed by atoms with van der Waals surface area (Å²) in [5, 5.41) is 0. The number of thiophene rings is 1. The van der Waals surface area contributed by atoms with E-state index in [1.54, 1.807) is 18.3 Å². The van der Waals surface area contributed by atoms with E-state index < -0.39 is 5.97 Å². The van der Waals surface area contributed by atoms with Crippen molar-refractivity contribution in [2.45, 2.75) is 39.0 Å². The number of hydrogen-bond donors (Lipinski definition) is 0. The Balaban J connectivity index is 1.96. The molecule has 0 bridgehead atoms. The van der Waals surface area contributed by atoms with Crippen molar-refractivity contribution < 1.29 is 13.9 Å². The molecular formula is C15H17NO3S. The number of aryl methyl sites for hydroxylation is 1. The number of oxazole rings is 1. The van der Waals surface area contributed by atoms with Crippen LogP contribution in [-0.2, 0) is 11.2 Å². The minimum atomic E-state index is -0.402. The maximum Gasteiger partial charge on any atom is 0.376 e. The molecule has 0 aromatic carbocycles. The molecule has 20 heavy (non-hydrogen) atoms. The first-order chi connectivity index (χ1) is 9.72. The number of carbonyl (C=O) groups is 1. The first-order valence-electron chi connectivity index (χ1n) is 6.99. The standard InChI is InChI=1S/C15H17NO3S/c1-3-10-7-8-11(20-10)14-16-12(9-5-6-9)13(19-14)15(17)18-4-2/h7-9H,3-6H2,1-2H3. The van der Waals surface area contributed by atoms with E-state index in [9.17, 15) is 4.79 Å². The van der Waals surface area contributed by atoms with E-state index in [1.165, 1.54) is 4.88 Å². The largest absolute Gasteiger partial charge is 0.460 e. The average Bonchev–Trinajstić information content (AvgIpc) is 3.03. The van der Waals surface area contributed by atoms with Gasteiger partial charge in [-0.2, -0.15) is 0 Å². The summed E-state index contributed by atoms with van der Waals surface area (Å²) < 4.78 is 10.8. The quantitative estimate of drug-likeness (QED) is 0.781. The summed E-state index contributed by atoms with van der Waals surface area (Å²) in [6, 6.07) is 4.08. The molecule has 1 aliphatic rings. The van der Waals surface area contributed by atoms with Crippen LogP contribution in [0.25, 0.3) is 10.8 Å². The number of aromatic nitrogens is 1. The van der Waals surface area contributed by atoms with Crippen LogP contribution in [0.1, 0.15) is 53.7 Å². The summed E-state index contributed by atoms with van der Waals surface area (Å²) in [6.07, 6.45) is 3.14. The van der Waals surface area contributed by atoms with Crippen LogP contribution in [0.5, 0.6) is 0 Å². The van der Waals surface area contributed by atoms with Gasteiger partial charge in [-0.3, -0.25) is 0 Å². The third kappa shape index (κ3) is 2.50. The van der Waals surface area contributed by atoms with Gasteiger partial charge in [-0.25, -0.2) is 9.78 Å². The molecular weight excluding hydrogens is 274 g/mol. The van der Waals surface area contributed by atoms with E-state index >= 15 is 0 Å². The number of nitrogens with zero attached hydrogens (tertiary/aromatic N) is 1. The third-order valence-corrected chi connectivity index (χ3v) is 4.52. The molecule has 0 amide bonds. The van der Waals surface area contributed by atoms with Gasteiger partial charge in [-0.15, -0.1) is 11.3 Å². The fourth-order valence-corrected chi connectivity index (χ4v) is 2.97. The smallest absolute Gasteiger partial charge is 0.376 e. The normalized spacial score (nSPS) is 14.5. The summed E-state index contributed by atoms with van der Waals surface area (Å²) in [4.78, 5) is 18.7. The fourth-order valence-electron chi connectivity index (χ4n) is 2.10. The van der Waals surface area contributed by atoms with Gasteiger partial charge in [0.25, 0.3) is 0 Å². The lowest BCUT2D eigenvalue weighted by molar-refractivity contribution is 0.0489. The first-order valence-corrected chi connectivity index (χ1v) is 7.81. The second-order valence-corrected chi connectivity index (χ2v) is 6.02. The molecule has 2 aromatic rings. The Hall–Kier alpha value is -1.62. The van der Waals surface area contributed by atoms with Gasteiger partial charge < -0.3 is 9.15 Å². The summed E-state index contributed by atoms with van der Waals surface area (Å²) in [5.74, 6) is 0.786. The zero-order valence-electron chi connectivity index (χ0n) is 11.6. The van der Waals surface area contributed by atoms with Crippen molar-refractivity contribution in [3.05, 3.63) is 28.5 Å². The second kappa shape index (κ2) is 5.40. The molecule has 0 spiro atoms. The number of rotatable bonds is 5. The number of esters is 1. The molecule has 0 N–H and O–H groups in total. The van der Waals surface area contributed by atoms with Crippen molar-refractivity contribution in [3.63, 3.8) is 0 Å². The molecule has 2 aromatic heterocycles. The molecule has 0 atom stereocenters. The van der Waals surface area contributed by atoms with Crippen molar-refractivity contribution >= 4 is 17.3 Å². The SMILES string of the molecule is CCOC(=O)c1oc(-c2ccc(CC)s2)nc1C1CC1. The van der Waals surface area contributed by atoms with Crippen molar-refractivity contribution in [3.8, 4) is 10.8 Å². The Morgan fingerprint density at radius 3 is 2.85 bits per heavy atom. The maximum absolute atomic E-state index is 12.0. The predicted molar refractivity (Wildman–Crippen MR) is 77.1 cm³/mol. The van der Waals surface area contributed by atoms with Gasteiger partial charge in [0.2, 0.25) is 11.7 Å². The van der Waals surface area contributed by atoms with Gasteiger partial charge in [0, 0.05) is 10.8 Å². The molecule has 0 saturated heterocycles. The van der Waals surface area contributed by atoms with Crippen molar-refractivity contribution in [2.75, 3.05) is 6.61 Å². The number of carbonyl (C=O) groups excluding carboxylic acids is 1. The third-order valence-electron chi connectivity index (χ3n) is 3.30. The average molecular weight is 291 g/mol.